The summed E-state index contributed by atoms with van der Waals surface area (Å²) < 4.78 is 27.3. The molecule has 7 nitrogen and oxygen atoms in total. The second kappa shape index (κ2) is 12.8. The van der Waals surface area contributed by atoms with Crippen molar-refractivity contribution in [3.05, 3.63) is 65.7 Å². The van der Waals surface area contributed by atoms with Crippen LogP contribution in [-0.2, 0) is 31.4 Å². The lowest BCUT2D eigenvalue weighted by Crippen LogP contribution is -2.52. The molecule has 0 unspecified atom stereocenters. The molecule has 2 aromatic carbocycles. The van der Waals surface area contributed by atoms with E-state index in [0.29, 0.717) is 25.2 Å². The zero-order chi connectivity index (χ0) is 29.9. The summed E-state index contributed by atoms with van der Waals surface area (Å²) in [6.45, 7) is 4.28. The molecule has 6 rings (SSSR count). The molecule has 8 heteroatoms. The first-order chi connectivity index (χ1) is 20.1. The molecule has 0 spiro atoms. The number of benzene rings is 2. The van der Waals surface area contributed by atoms with Crippen LogP contribution in [-0.4, -0.2) is 57.1 Å². The van der Waals surface area contributed by atoms with Crippen molar-refractivity contribution in [1.29, 1.82) is 0 Å². The average Bonchev–Trinajstić information content (AvgIpc) is 2.95. The molecule has 0 radical (unpaired) electrons. The molecule has 4 saturated carbocycles. The maximum atomic E-state index is 13.8. The van der Waals surface area contributed by atoms with Crippen LogP contribution >= 0.6 is 0 Å². The van der Waals surface area contributed by atoms with Crippen molar-refractivity contribution in [3.63, 3.8) is 0 Å². The van der Waals surface area contributed by atoms with E-state index in [1.54, 1.807) is 6.92 Å². The van der Waals surface area contributed by atoms with E-state index in [0.717, 1.165) is 42.4 Å². The molecule has 42 heavy (non-hydrogen) atoms. The lowest BCUT2D eigenvalue weighted by Gasteiger charge is -2.57. The molecule has 2 amide bonds. The smallest absolute Gasteiger partial charge is 0.244 e. The molecule has 4 bridgehead atoms. The summed E-state index contributed by atoms with van der Waals surface area (Å²) in [5.41, 5.74) is 3.07. The van der Waals surface area contributed by atoms with Gasteiger partial charge in [0.15, 0.2) is 0 Å². The van der Waals surface area contributed by atoms with Gasteiger partial charge >= 0.3 is 0 Å². The Morgan fingerprint density at radius 2 is 1.55 bits per heavy atom. The van der Waals surface area contributed by atoms with Crippen molar-refractivity contribution < 1.29 is 18.0 Å². The van der Waals surface area contributed by atoms with Crippen molar-refractivity contribution in [2.24, 2.45) is 17.8 Å². The van der Waals surface area contributed by atoms with E-state index in [9.17, 15) is 18.0 Å². The highest BCUT2D eigenvalue weighted by Crippen LogP contribution is 2.60. The van der Waals surface area contributed by atoms with E-state index in [-0.39, 0.29) is 23.8 Å². The summed E-state index contributed by atoms with van der Waals surface area (Å²) in [6, 6.07) is 17.0. The van der Waals surface area contributed by atoms with Gasteiger partial charge < -0.3 is 10.2 Å². The number of nitrogens with one attached hydrogen (secondary N) is 1. The zero-order valence-corrected chi connectivity index (χ0v) is 26.2. The summed E-state index contributed by atoms with van der Waals surface area (Å²) in [4.78, 5) is 28.3. The Morgan fingerprint density at radius 3 is 2.10 bits per heavy atom. The van der Waals surface area contributed by atoms with Crippen LogP contribution < -0.4 is 9.62 Å². The van der Waals surface area contributed by atoms with E-state index < -0.39 is 16.1 Å². The molecule has 228 valence electrons. The molecule has 4 fully saturated rings. The van der Waals surface area contributed by atoms with E-state index in [1.165, 1.54) is 53.3 Å². The lowest BCUT2D eigenvalue weighted by molar-refractivity contribution is -0.138. The van der Waals surface area contributed by atoms with Gasteiger partial charge in [-0.05, 0) is 105 Å². The van der Waals surface area contributed by atoms with E-state index in [1.807, 2.05) is 42.5 Å². The quantitative estimate of drug-likeness (QED) is 0.320. The minimum atomic E-state index is -3.75. The first kappa shape index (κ1) is 30.6. The van der Waals surface area contributed by atoms with Gasteiger partial charge in [0.1, 0.15) is 12.6 Å². The zero-order valence-electron chi connectivity index (χ0n) is 25.4. The van der Waals surface area contributed by atoms with Crippen LogP contribution in [0.25, 0.3) is 0 Å². The van der Waals surface area contributed by atoms with E-state index in [2.05, 4.69) is 24.4 Å². The Morgan fingerprint density at radius 1 is 0.952 bits per heavy atom. The maximum absolute atomic E-state index is 13.8. The third kappa shape index (κ3) is 6.85. The van der Waals surface area contributed by atoms with Crippen molar-refractivity contribution in [3.8, 4) is 0 Å². The third-order valence-electron chi connectivity index (χ3n) is 9.97. The van der Waals surface area contributed by atoms with Gasteiger partial charge in [0.25, 0.3) is 0 Å². The minimum absolute atomic E-state index is 0.216. The highest BCUT2D eigenvalue weighted by molar-refractivity contribution is 7.92. The van der Waals surface area contributed by atoms with Crippen LogP contribution in [0.1, 0.15) is 76.3 Å². The minimum Gasteiger partial charge on any atom is -0.354 e. The molecular weight excluding hydrogens is 546 g/mol. The predicted molar refractivity (Wildman–Crippen MR) is 168 cm³/mol. The fraction of sp³-hybridized carbons (Fsp3) is 0.588. The Hall–Kier alpha value is -2.87. The number of amides is 2. The van der Waals surface area contributed by atoms with Gasteiger partial charge in [0.05, 0.1) is 11.9 Å². The number of unbranched alkanes of at least 4 members (excludes halogenated alkanes) is 1. The monoisotopic (exact) mass is 593 g/mol. The van der Waals surface area contributed by atoms with E-state index >= 15 is 0 Å². The summed E-state index contributed by atoms with van der Waals surface area (Å²) in [5, 5.41) is 2.93. The molecule has 4 aliphatic carbocycles. The molecule has 0 aromatic heterocycles. The number of carbonyl (C=O) groups excluding carboxylic acids is 2. The first-order valence-electron chi connectivity index (χ1n) is 15.8. The Labute approximate surface area is 252 Å². The molecule has 2 aromatic rings. The van der Waals surface area contributed by atoms with Crippen LogP contribution in [0.2, 0.25) is 0 Å². The molecular formula is C34H47N3O4S. The summed E-state index contributed by atoms with van der Waals surface area (Å²) >= 11 is 0. The standard InChI is InChI=1S/C34H47N3O4S/c1-4-5-16-35-33(39)25(2)36(17-15-26-9-7-6-8-10-26)32(38)24-37(42(3,40)41)31-13-11-30(12-14-31)34-21-27-18-28(22-34)20-29(19-27)23-34/h6-14,25,27-29H,4-5,15-24H2,1-3H3,(H,35,39)/t25-,27?,28?,29?,34?/m1/s1. The summed E-state index contributed by atoms with van der Waals surface area (Å²) in [7, 11) is -3.75. The van der Waals surface area contributed by atoms with Crippen molar-refractivity contribution >= 4 is 27.5 Å². The van der Waals surface area contributed by atoms with Crippen molar-refractivity contribution in [2.75, 3.05) is 30.2 Å². The molecule has 1 N–H and O–H groups in total. The highest BCUT2D eigenvalue weighted by atomic mass is 32.2. The number of anilines is 1. The van der Waals surface area contributed by atoms with Crippen molar-refractivity contribution in [2.45, 2.75) is 83.1 Å². The number of hydrogen-bond acceptors (Lipinski definition) is 4. The Kier molecular flexibility index (Phi) is 9.31. The summed E-state index contributed by atoms with van der Waals surface area (Å²) in [5.74, 6) is 1.85. The van der Waals surface area contributed by atoms with Crippen molar-refractivity contribution in [1.82, 2.24) is 10.2 Å². The molecule has 0 saturated heterocycles. The average molecular weight is 594 g/mol. The van der Waals surface area contributed by atoms with Gasteiger partial charge in [-0.3, -0.25) is 13.9 Å². The van der Waals surface area contributed by atoms with Gasteiger partial charge in [0, 0.05) is 13.1 Å². The number of sulfonamides is 1. The Bertz CT molecular complexity index is 1310. The molecule has 4 aliphatic rings. The van der Waals surface area contributed by atoms with Gasteiger partial charge in [0.2, 0.25) is 21.8 Å². The molecule has 0 aliphatic heterocycles. The van der Waals surface area contributed by atoms with Gasteiger partial charge in [-0.15, -0.1) is 0 Å². The third-order valence-corrected chi connectivity index (χ3v) is 11.1. The van der Waals surface area contributed by atoms with Gasteiger partial charge in [-0.1, -0.05) is 55.8 Å². The van der Waals surface area contributed by atoms with Crippen LogP contribution in [0.15, 0.2) is 54.6 Å². The van der Waals surface area contributed by atoms with Crippen LogP contribution in [0, 0.1) is 17.8 Å². The van der Waals surface area contributed by atoms with Crippen LogP contribution in [0.3, 0.4) is 0 Å². The number of carbonyl (C=O) groups is 2. The predicted octanol–water partition coefficient (Wildman–Crippen LogP) is 5.30. The van der Waals surface area contributed by atoms with E-state index in [4.69, 9.17) is 0 Å². The largest absolute Gasteiger partial charge is 0.354 e. The van der Waals surface area contributed by atoms with Crippen LogP contribution in [0.5, 0.6) is 0 Å². The second-order valence-corrected chi connectivity index (χ2v) is 15.1. The maximum Gasteiger partial charge on any atom is 0.244 e. The topological polar surface area (TPSA) is 86.8 Å². The first-order valence-corrected chi connectivity index (χ1v) is 17.6. The number of hydrogen-bond donors (Lipinski definition) is 1. The molecule has 0 heterocycles. The fourth-order valence-corrected chi connectivity index (χ4v) is 9.01. The number of nitrogens with zero attached hydrogens (tertiary/aromatic N) is 2. The SMILES string of the molecule is CCCCNC(=O)[C@@H](C)N(CCc1ccccc1)C(=O)CN(c1ccc(C23CC4CC(CC(C4)C2)C3)cc1)S(C)(=O)=O. The normalized spacial score (nSPS) is 25.2. The number of rotatable bonds is 13. The van der Waals surface area contributed by atoms with Gasteiger partial charge in [-0.25, -0.2) is 8.42 Å². The molecule has 1 atom stereocenters. The highest BCUT2D eigenvalue weighted by Gasteiger charge is 2.51. The lowest BCUT2D eigenvalue weighted by atomic mass is 9.48. The van der Waals surface area contributed by atoms with Crippen LogP contribution in [0.4, 0.5) is 5.69 Å². The Balaban J connectivity index is 1.34. The second-order valence-electron chi connectivity index (χ2n) is 13.2. The fourth-order valence-electron chi connectivity index (χ4n) is 8.17. The van der Waals surface area contributed by atoms with Gasteiger partial charge in [-0.2, -0.15) is 0 Å². The summed E-state index contributed by atoms with van der Waals surface area (Å²) in [6.07, 6.45) is 11.4.